The lowest BCUT2D eigenvalue weighted by Gasteiger charge is -2.14. The smallest absolute Gasteiger partial charge is 0.308 e. The number of amides is 1. The highest BCUT2D eigenvalue weighted by Gasteiger charge is 2.34. The summed E-state index contributed by atoms with van der Waals surface area (Å²) in [5.41, 5.74) is 0.814. The van der Waals surface area contributed by atoms with Gasteiger partial charge in [0.15, 0.2) is 0 Å². The van der Waals surface area contributed by atoms with E-state index in [-0.39, 0.29) is 18.9 Å². The molecule has 15 heavy (non-hydrogen) atoms. The number of carbonyl (C=O) groups excluding carboxylic acids is 1. The Bertz CT molecular complexity index is 374. The summed E-state index contributed by atoms with van der Waals surface area (Å²) in [6.45, 7) is 0.690. The van der Waals surface area contributed by atoms with Crippen molar-refractivity contribution >= 4 is 11.9 Å². The van der Waals surface area contributed by atoms with Crippen LogP contribution in [0.2, 0.25) is 0 Å². The monoisotopic (exact) mass is 209 g/mol. The third-order valence-corrected chi connectivity index (χ3v) is 2.48. The molecule has 1 saturated heterocycles. The molecule has 0 radical (unpaired) electrons. The van der Waals surface area contributed by atoms with E-state index in [1.165, 1.54) is 4.90 Å². The Hall–Kier alpha value is -1.85. The highest BCUT2D eigenvalue weighted by atomic mass is 16.4. The zero-order chi connectivity index (χ0) is 10.8. The minimum absolute atomic E-state index is 0.101. The maximum Gasteiger partial charge on any atom is 0.308 e. The van der Waals surface area contributed by atoms with Gasteiger partial charge in [-0.15, -0.1) is 0 Å². The van der Waals surface area contributed by atoms with Gasteiger partial charge in [0.2, 0.25) is 5.91 Å². The predicted molar refractivity (Wildman–Crippen MR) is 49.7 cm³/mol. The first-order valence-electron chi connectivity index (χ1n) is 4.65. The third-order valence-electron chi connectivity index (χ3n) is 2.48. The van der Waals surface area contributed by atoms with Crippen molar-refractivity contribution in [1.82, 2.24) is 15.1 Å². The molecule has 6 heteroatoms. The third kappa shape index (κ3) is 1.98. The van der Waals surface area contributed by atoms with Crippen molar-refractivity contribution in [3.63, 3.8) is 0 Å². The van der Waals surface area contributed by atoms with Crippen LogP contribution in [0.4, 0.5) is 0 Å². The first-order valence-corrected chi connectivity index (χ1v) is 4.65. The number of H-pyrrole nitrogens is 1. The molecule has 1 fully saturated rings. The molecular weight excluding hydrogens is 198 g/mol. The number of rotatable bonds is 3. The molecule has 1 aromatic rings. The van der Waals surface area contributed by atoms with Gasteiger partial charge in [-0.3, -0.25) is 14.7 Å². The summed E-state index contributed by atoms with van der Waals surface area (Å²) in [7, 11) is 0. The van der Waals surface area contributed by atoms with E-state index in [1.54, 1.807) is 12.3 Å². The van der Waals surface area contributed by atoms with Crippen LogP contribution in [-0.4, -0.2) is 38.6 Å². The molecule has 1 aromatic heterocycles. The molecular formula is C9H11N3O3. The fraction of sp³-hybridized carbons (Fsp3) is 0.444. The van der Waals surface area contributed by atoms with Gasteiger partial charge in [0.05, 0.1) is 18.2 Å². The van der Waals surface area contributed by atoms with Crippen LogP contribution in [0.15, 0.2) is 12.3 Å². The largest absolute Gasteiger partial charge is 0.481 e. The summed E-state index contributed by atoms with van der Waals surface area (Å²) in [5, 5.41) is 15.3. The van der Waals surface area contributed by atoms with Crippen molar-refractivity contribution in [2.75, 3.05) is 6.54 Å². The van der Waals surface area contributed by atoms with E-state index in [1.807, 2.05) is 0 Å². The number of carboxylic acids is 1. The van der Waals surface area contributed by atoms with Crippen LogP contribution in [0, 0.1) is 5.92 Å². The SMILES string of the molecule is O=C(O)C1CC(=O)N(Cc2ccn[nH]2)C1. The molecule has 2 N–H and O–H groups in total. The molecule has 1 unspecified atom stereocenters. The van der Waals surface area contributed by atoms with E-state index in [9.17, 15) is 9.59 Å². The van der Waals surface area contributed by atoms with Crippen molar-refractivity contribution in [3.8, 4) is 0 Å². The number of aliphatic carboxylic acids is 1. The standard InChI is InChI=1S/C9H11N3O3/c13-8-3-6(9(14)15)4-12(8)5-7-1-2-10-11-7/h1-2,6H,3-5H2,(H,10,11)(H,14,15). The molecule has 1 amide bonds. The summed E-state index contributed by atoms with van der Waals surface area (Å²) in [4.78, 5) is 23.7. The van der Waals surface area contributed by atoms with Gasteiger partial charge in [0.25, 0.3) is 0 Å². The molecule has 2 heterocycles. The van der Waals surface area contributed by atoms with Crippen LogP contribution in [0.3, 0.4) is 0 Å². The van der Waals surface area contributed by atoms with Crippen molar-refractivity contribution in [3.05, 3.63) is 18.0 Å². The molecule has 0 spiro atoms. The van der Waals surface area contributed by atoms with E-state index >= 15 is 0 Å². The number of likely N-dealkylation sites (tertiary alicyclic amines) is 1. The fourth-order valence-corrected chi connectivity index (χ4v) is 1.67. The Morgan fingerprint density at radius 3 is 3.07 bits per heavy atom. The minimum atomic E-state index is -0.907. The molecule has 1 atom stereocenters. The molecule has 1 aliphatic rings. The number of hydrogen-bond donors (Lipinski definition) is 2. The van der Waals surface area contributed by atoms with Gasteiger partial charge >= 0.3 is 5.97 Å². The molecule has 0 bridgehead atoms. The topological polar surface area (TPSA) is 86.3 Å². The Kier molecular flexibility index (Phi) is 2.40. The summed E-state index contributed by atoms with van der Waals surface area (Å²) < 4.78 is 0. The number of carbonyl (C=O) groups is 2. The lowest BCUT2D eigenvalue weighted by atomic mass is 10.1. The molecule has 80 valence electrons. The van der Waals surface area contributed by atoms with Crippen molar-refractivity contribution in [1.29, 1.82) is 0 Å². The van der Waals surface area contributed by atoms with E-state index < -0.39 is 11.9 Å². The minimum Gasteiger partial charge on any atom is -0.481 e. The maximum absolute atomic E-state index is 11.4. The van der Waals surface area contributed by atoms with Gasteiger partial charge in [-0.2, -0.15) is 5.10 Å². The van der Waals surface area contributed by atoms with Crippen molar-refractivity contribution < 1.29 is 14.7 Å². The van der Waals surface area contributed by atoms with E-state index in [2.05, 4.69) is 10.2 Å². The second kappa shape index (κ2) is 3.72. The van der Waals surface area contributed by atoms with Crippen LogP contribution >= 0.6 is 0 Å². The normalized spacial score (nSPS) is 20.9. The number of nitrogens with zero attached hydrogens (tertiary/aromatic N) is 2. The number of carboxylic acid groups (broad SMARTS) is 1. The van der Waals surface area contributed by atoms with Gasteiger partial charge in [-0.1, -0.05) is 0 Å². The van der Waals surface area contributed by atoms with Gasteiger partial charge in [-0.25, -0.2) is 0 Å². The molecule has 0 aromatic carbocycles. The van der Waals surface area contributed by atoms with E-state index in [0.717, 1.165) is 5.69 Å². The summed E-state index contributed by atoms with van der Waals surface area (Å²) in [5.74, 6) is -1.59. The quantitative estimate of drug-likeness (QED) is 0.724. The van der Waals surface area contributed by atoms with Gasteiger partial charge in [0, 0.05) is 19.2 Å². The highest BCUT2D eigenvalue weighted by molar-refractivity contribution is 5.85. The zero-order valence-corrected chi connectivity index (χ0v) is 8.01. The van der Waals surface area contributed by atoms with Crippen LogP contribution < -0.4 is 0 Å². The second-order valence-corrected chi connectivity index (χ2v) is 3.60. The van der Waals surface area contributed by atoms with E-state index in [4.69, 9.17) is 5.11 Å². The molecule has 0 aliphatic carbocycles. The van der Waals surface area contributed by atoms with Crippen LogP contribution in [-0.2, 0) is 16.1 Å². The van der Waals surface area contributed by atoms with E-state index in [0.29, 0.717) is 6.54 Å². The Morgan fingerprint density at radius 1 is 1.73 bits per heavy atom. The summed E-state index contributed by atoms with van der Waals surface area (Å²) in [6.07, 6.45) is 1.70. The number of nitrogens with one attached hydrogen (secondary N) is 1. The average molecular weight is 209 g/mol. The van der Waals surface area contributed by atoms with Gasteiger partial charge < -0.3 is 10.0 Å². The Balaban J connectivity index is 2.00. The number of hydrogen-bond acceptors (Lipinski definition) is 3. The predicted octanol–water partition coefficient (Wildman–Crippen LogP) is -0.157. The zero-order valence-electron chi connectivity index (χ0n) is 8.01. The average Bonchev–Trinajstić information content (AvgIpc) is 2.77. The van der Waals surface area contributed by atoms with Gasteiger partial charge in [0.1, 0.15) is 0 Å². The van der Waals surface area contributed by atoms with Crippen molar-refractivity contribution in [2.24, 2.45) is 5.92 Å². The molecule has 6 nitrogen and oxygen atoms in total. The Labute approximate surface area is 85.9 Å². The molecule has 0 saturated carbocycles. The Morgan fingerprint density at radius 2 is 2.53 bits per heavy atom. The van der Waals surface area contributed by atoms with Crippen molar-refractivity contribution in [2.45, 2.75) is 13.0 Å². The maximum atomic E-state index is 11.4. The summed E-state index contributed by atoms with van der Waals surface area (Å²) >= 11 is 0. The number of aromatic amines is 1. The van der Waals surface area contributed by atoms with Crippen LogP contribution in [0.5, 0.6) is 0 Å². The molecule has 2 rings (SSSR count). The first-order chi connectivity index (χ1) is 7.16. The fourth-order valence-electron chi connectivity index (χ4n) is 1.67. The first kappa shape index (κ1) is 9.70. The van der Waals surface area contributed by atoms with Gasteiger partial charge in [-0.05, 0) is 6.07 Å². The molecule has 1 aliphatic heterocycles. The lowest BCUT2D eigenvalue weighted by Crippen LogP contribution is -2.25. The lowest BCUT2D eigenvalue weighted by molar-refractivity contribution is -0.141. The summed E-state index contributed by atoms with van der Waals surface area (Å²) in [6, 6.07) is 1.77. The second-order valence-electron chi connectivity index (χ2n) is 3.60. The number of aromatic nitrogens is 2. The van der Waals surface area contributed by atoms with Crippen LogP contribution in [0.25, 0.3) is 0 Å². The highest BCUT2D eigenvalue weighted by Crippen LogP contribution is 2.19. The van der Waals surface area contributed by atoms with Crippen LogP contribution in [0.1, 0.15) is 12.1 Å².